The van der Waals surface area contributed by atoms with E-state index in [1.807, 2.05) is 12.1 Å². The number of carboxylic acid groups (broad SMARTS) is 1. The van der Waals surface area contributed by atoms with Crippen molar-refractivity contribution in [2.45, 2.75) is 52.0 Å². The largest absolute Gasteiger partial charge is 0.493 e. The van der Waals surface area contributed by atoms with Crippen LogP contribution in [-0.2, 0) is 22.6 Å². The minimum absolute atomic E-state index is 0.0464. The third kappa shape index (κ3) is 6.34. The number of hydrogen-bond acceptors (Lipinski definition) is 3. The Hall–Kier alpha value is -2.82. The van der Waals surface area contributed by atoms with Crippen LogP contribution in [0, 0.1) is 6.92 Å². The quantitative estimate of drug-likeness (QED) is 0.839. The number of carbonyl (C=O) groups excluding carboxylic acids is 1. The van der Waals surface area contributed by atoms with Crippen molar-refractivity contribution in [3.8, 4) is 5.75 Å². The van der Waals surface area contributed by atoms with Gasteiger partial charge in [0, 0.05) is 25.9 Å². The predicted octanol–water partition coefficient (Wildman–Crippen LogP) is 4.34. The summed E-state index contributed by atoms with van der Waals surface area (Å²) in [6.45, 7) is 3.90. The number of nitrogens with zero attached hydrogens (tertiary/aromatic N) is 1. The standard InChI is InChI=1S/C24H29NO4/c1-18-8-9-22-21(14-18)16-19-6-5-7-20(15-19)17-25(12-3-2-4-13-29-22)23(26)10-11-24(27)28/h5-9,14-15H,2-4,10-13,16-17H2,1H3,(H,27,28). The first-order valence-electron chi connectivity index (χ1n) is 10.3. The monoisotopic (exact) mass is 395 g/mol. The zero-order chi connectivity index (χ0) is 20.6. The number of amides is 1. The molecule has 0 aromatic heterocycles. The molecule has 0 atom stereocenters. The third-order valence-electron chi connectivity index (χ3n) is 5.21. The number of hydrogen-bond donors (Lipinski definition) is 1. The van der Waals surface area contributed by atoms with Gasteiger partial charge in [-0.2, -0.15) is 0 Å². The lowest BCUT2D eigenvalue weighted by Gasteiger charge is -2.23. The second-order valence-electron chi connectivity index (χ2n) is 7.73. The van der Waals surface area contributed by atoms with Gasteiger partial charge in [0.05, 0.1) is 13.0 Å². The van der Waals surface area contributed by atoms with Gasteiger partial charge in [-0.25, -0.2) is 0 Å². The average molecular weight is 395 g/mol. The van der Waals surface area contributed by atoms with Crippen molar-refractivity contribution in [3.63, 3.8) is 0 Å². The maximum absolute atomic E-state index is 12.6. The molecule has 2 aromatic carbocycles. The lowest BCUT2D eigenvalue weighted by atomic mass is 10.00. The molecule has 154 valence electrons. The number of fused-ring (bicyclic) bond motifs is 3. The Labute approximate surface area is 172 Å². The molecule has 1 aliphatic rings. The Morgan fingerprint density at radius 3 is 2.69 bits per heavy atom. The van der Waals surface area contributed by atoms with E-state index >= 15 is 0 Å². The summed E-state index contributed by atoms with van der Waals surface area (Å²) < 4.78 is 6.05. The van der Waals surface area contributed by atoms with Gasteiger partial charge in [0.1, 0.15) is 5.75 Å². The van der Waals surface area contributed by atoms with Crippen molar-refractivity contribution >= 4 is 11.9 Å². The van der Waals surface area contributed by atoms with Crippen LogP contribution in [0.4, 0.5) is 0 Å². The van der Waals surface area contributed by atoms with Gasteiger partial charge in [-0.15, -0.1) is 0 Å². The number of carboxylic acids is 1. The zero-order valence-corrected chi connectivity index (χ0v) is 17.0. The maximum atomic E-state index is 12.6. The van der Waals surface area contributed by atoms with E-state index in [-0.39, 0.29) is 18.7 Å². The smallest absolute Gasteiger partial charge is 0.303 e. The lowest BCUT2D eigenvalue weighted by molar-refractivity contribution is -0.141. The summed E-state index contributed by atoms with van der Waals surface area (Å²) in [4.78, 5) is 25.2. The Kier molecular flexibility index (Phi) is 7.28. The van der Waals surface area contributed by atoms with Gasteiger partial charge < -0.3 is 14.7 Å². The van der Waals surface area contributed by atoms with E-state index in [1.165, 1.54) is 16.7 Å². The fourth-order valence-electron chi connectivity index (χ4n) is 3.69. The average Bonchev–Trinajstić information content (AvgIpc) is 2.69. The zero-order valence-electron chi connectivity index (χ0n) is 17.0. The van der Waals surface area contributed by atoms with E-state index in [1.54, 1.807) is 4.90 Å². The highest BCUT2D eigenvalue weighted by atomic mass is 16.5. The highest BCUT2D eigenvalue weighted by Gasteiger charge is 2.16. The Balaban J connectivity index is 1.83. The normalized spacial score (nSPS) is 15.0. The Morgan fingerprint density at radius 1 is 1.03 bits per heavy atom. The second kappa shape index (κ2) is 10.1. The molecule has 0 aliphatic carbocycles. The van der Waals surface area contributed by atoms with E-state index in [4.69, 9.17) is 9.84 Å². The summed E-state index contributed by atoms with van der Waals surface area (Å²) in [5, 5.41) is 8.90. The molecule has 0 radical (unpaired) electrons. The van der Waals surface area contributed by atoms with Gasteiger partial charge in [-0.3, -0.25) is 9.59 Å². The van der Waals surface area contributed by atoms with Gasteiger partial charge in [-0.05, 0) is 48.9 Å². The number of benzene rings is 2. The molecule has 1 heterocycles. The molecule has 0 saturated carbocycles. The van der Waals surface area contributed by atoms with Crippen molar-refractivity contribution in [2.24, 2.45) is 0 Å². The molecule has 0 saturated heterocycles. The summed E-state index contributed by atoms with van der Waals surface area (Å²) >= 11 is 0. The SMILES string of the molecule is Cc1ccc2c(c1)Cc1cccc(c1)CN(C(=O)CCC(=O)O)CCCCCO2. The summed E-state index contributed by atoms with van der Waals surface area (Å²) in [6, 6.07) is 14.6. The molecular weight excluding hydrogens is 366 g/mol. The molecular formula is C24H29NO4. The number of carbonyl (C=O) groups is 2. The molecule has 0 spiro atoms. The van der Waals surface area contributed by atoms with Crippen LogP contribution in [0.3, 0.4) is 0 Å². The number of aryl methyl sites for hydroxylation is 1. The highest BCUT2D eigenvalue weighted by molar-refractivity contribution is 5.80. The van der Waals surface area contributed by atoms with Crippen molar-refractivity contribution in [1.82, 2.24) is 4.90 Å². The van der Waals surface area contributed by atoms with Crippen molar-refractivity contribution in [1.29, 1.82) is 0 Å². The fourth-order valence-corrected chi connectivity index (χ4v) is 3.69. The maximum Gasteiger partial charge on any atom is 0.303 e. The highest BCUT2D eigenvalue weighted by Crippen LogP contribution is 2.25. The van der Waals surface area contributed by atoms with Crippen LogP contribution < -0.4 is 4.74 Å². The lowest BCUT2D eigenvalue weighted by Crippen LogP contribution is -2.32. The van der Waals surface area contributed by atoms with Crippen LogP contribution in [-0.4, -0.2) is 35.0 Å². The molecule has 2 bridgehead atoms. The summed E-state index contributed by atoms with van der Waals surface area (Å²) in [7, 11) is 0. The predicted molar refractivity (Wildman–Crippen MR) is 112 cm³/mol. The topological polar surface area (TPSA) is 66.8 Å². The van der Waals surface area contributed by atoms with Crippen LogP contribution in [0.1, 0.15) is 54.4 Å². The number of ether oxygens (including phenoxy) is 1. The minimum atomic E-state index is -0.937. The minimum Gasteiger partial charge on any atom is -0.493 e. The van der Waals surface area contributed by atoms with Gasteiger partial charge in [0.25, 0.3) is 0 Å². The summed E-state index contributed by atoms with van der Waals surface area (Å²) in [5.41, 5.74) is 4.62. The van der Waals surface area contributed by atoms with Crippen LogP contribution in [0.2, 0.25) is 0 Å². The van der Waals surface area contributed by atoms with Crippen LogP contribution >= 0.6 is 0 Å². The molecule has 5 heteroatoms. The van der Waals surface area contributed by atoms with E-state index in [0.29, 0.717) is 19.7 Å². The van der Waals surface area contributed by atoms with Crippen molar-refractivity contribution in [3.05, 3.63) is 64.7 Å². The van der Waals surface area contributed by atoms with Crippen LogP contribution in [0.5, 0.6) is 5.75 Å². The van der Waals surface area contributed by atoms with E-state index in [0.717, 1.165) is 37.0 Å². The second-order valence-corrected chi connectivity index (χ2v) is 7.73. The number of rotatable bonds is 3. The third-order valence-corrected chi connectivity index (χ3v) is 5.21. The van der Waals surface area contributed by atoms with E-state index in [2.05, 4.69) is 37.3 Å². The molecule has 1 aliphatic heterocycles. The first-order valence-corrected chi connectivity index (χ1v) is 10.3. The molecule has 1 amide bonds. The van der Waals surface area contributed by atoms with E-state index in [9.17, 15) is 9.59 Å². The van der Waals surface area contributed by atoms with Gasteiger partial charge >= 0.3 is 5.97 Å². The molecule has 29 heavy (non-hydrogen) atoms. The summed E-state index contributed by atoms with van der Waals surface area (Å²) in [6.07, 6.45) is 3.46. The first-order chi connectivity index (χ1) is 14.0. The van der Waals surface area contributed by atoms with Crippen LogP contribution in [0.15, 0.2) is 42.5 Å². The number of aliphatic carboxylic acids is 1. The van der Waals surface area contributed by atoms with Crippen molar-refractivity contribution in [2.75, 3.05) is 13.2 Å². The van der Waals surface area contributed by atoms with Gasteiger partial charge in [-0.1, -0.05) is 42.0 Å². The van der Waals surface area contributed by atoms with Gasteiger partial charge in [0.15, 0.2) is 0 Å². The molecule has 2 aromatic rings. The molecule has 3 rings (SSSR count). The van der Waals surface area contributed by atoms with E-state index < -0.39 is 5.97 Å². The first kappa shape index (κ1) is 20.9. The molecule has 1 N–H and O–H groups in total. The Morgan fingerprint density at radius 2 is 1.86 bits per heavy atom. The fraction of sp³-hybridized carbons (Fsp3) is 0.417. The molecule has 0 unspecified atom stereocenters. The summed E-state index contributed by atoms with van der Waals surface area (Å²) in [5.74, 6) is -0.0841. The molecule has 5 nitrogen and oxygen atoms in total. The Bertz CT molecular complexity index is 862. The van der Waals surface area contributed by atoms with Crippen LogP contribution in [0.25, 0.3) is 0 Å². The molecule has 0 fully saturated rings. The van der Waals surface area contributed by atoms with Crippen molar-refractivity contribution < 1.29 is 19.4 Å². The van der Waals surface area contributed by atoms with Gasteiger partial charge in [0.2, 0.25) is 5.91 Å².